The first-order chi connectivity index (χ1) is 15.7. The van der Waals surface area contributed by atoms with E-state index in [1.165, 1.54) is 5.57 Å². The highest BCUT2D eigenvalue weighted by Gasteiger charge is 2.64. The third-order valence-corrected chi connectivity index (χ3v) is 12.2. The lowest BCUT2D eigenvalue weighted by Gasteiger charge is -2.62. The Labute approximate surface area is 208 Å². The monoisotopic (exact) mass is 470 g/mol. The highest BCUT2D eigenvalue weighted by atomic mass is 16.4. The number of carbonyl (C=O) groups is 1. The molecular weight excluding hydrogens is 420 g/mol. The van der Waals surface area contributed by atoms with Gasteiger partial charge in [-0.15, -0.1) is 0 Å². The van der Waals surface area contributed by atoms with Crippen molar-refractivity contribution < 1.29 is 15.0 Å². The minimum atomic E-state index is -0.606. The summed E-state index contributed by atoms with van der Waals surface area (Å²) in [5.74, 6) is 0.293. The molecule has 0 aromatic carbocycles. The van der Waals surface area contributed by atoms with Gasteiger partial charge in [0, 0.05) is 0 Å². The lowest BCUT2D eigenvalue weighted by Crippen LogP contribution is -2.55. The summed E-state index contributed by atoms with van der Waals surface area (Å²) in [5.41, 5.74) is 4.84. The van der Waals surface area contributed by atoms with Gasteiger partial charge in [-0.1, -0.05) is 71.8 Å². The van der Waals surface area contributed by atoms with Gasteiger partial charge in [-0.3, -0.25) is 4.79 Å². The topological polar surface area (TPSA) is 57.5 Å². The molecular formula is C31H50O3. The summed E-state index contributed by atoms with van der Waals surface area (Å²) in [6.45, 7) is 20.5. The lowest BCUT2D eigenvalue weighted by atomic mass is 9.43. The molecule has 0 aliphatic heterocycles. The summed E-state index contributed by atoms with van der Waals surface area (Å²) in [4.78, 5) is 12.5. The average molecular weight is 471 g/mol. The van der Waals surface area contributed by atoms with Crippen LogP contribution in [0.25, 0.3) is 0 Å². The smallest absolute Gasteiger partial charge is 0.306 e. The first-order valence-electron chi connectivity index (χ1n) is 14.0. The number of hydrogen-bond acceptors (Lipinski definition) is 2. The minimum absolute atomic E-state index is 0.0426. The Kier molecular flexibility index (Phi) is 6.49. The number of aliphatic carboxylic acids is 1. The quantitative estimate of drug-likeness (QED) is 0.389. The first kappa shape index (κ1) is 26.0. The van der Waals surface area contributed by atoms with Crippen LogP contribution < -0.4 is 0 Å². The number of carboxylic acid groups (broad SMARTS) is 1. The van der Waals surface area contributed by atoms with E-state index in [-0.39, 0.29) is 39.6 Å². The van der Waals surface area contributed by atoms with Crippen molar-refractivity contribution in [3.63, 3.8) is 0 Å². The van der Waals surface area contributed by atoms with Crippen molar-refractivity contribution in [3.8, 4) is 0 Å². The standard InChI is InChI=1S/C31H50O3/c1-19(2)20(3)9-10-21(27(33)34)22-13-17-31(8)24-11-12-25-28(4,5)26(32)15-16-29(25,6)23(24)14-18-30(22,31)7/h19,21-22,25-26,32H,3,9-18H2,1-2,4-8H3,(H,33,34)/t21-,22+,25+,26-,29+,30+,31-/m0/s1. The highest BCUT2D eigenvalue weighted by Crippen LogP contribution is 2.72. The lowest BCUT2D eigenvalue weighted by molar-refractivity contribution is -0.146. The molecule has 2 N–H and O–H groups in total. The molecule has 4 rings (SSSR count). The van der Waals surface area contributed by atoms with Crippen molar-refractivity contribution in [1.29, 1.82) is 0 Å². The minimum Gasteiger partial charge on any atom is -0.481 e. The van der Waals surface area contributed by atoms with Gasteiger partial charge in [-0.2, -0.15) is 0 Å². The molecule has 0 unspecified atom stereocenters. The van der Waals surface area contributed by atoms with E-state index in [4.69, 9.17) is 0 Å². The summed E-state index contributed by atoms with van der Waals surface area (Å²) in [5, 5.41) is 21.1. The Morgan fingerprint density at radius 2 is 1.68 bits per heavy atom. The molecule has 0 bridgehead atoms. The molecule has 4 aliphatic rings. The number of rotatable bonds is 6. The summed E-state index contributed by atoms with van der Waals surface area (Å²) in [6.07, 6.45) is 9.98. The molecule has 34 heavy (non-hydrogen) atoms. The molecule has 192 valence electrons. The molecule has 0 aromatic rings. The van der Waals surface area contributed by atoms with Crippen molar-refractivity contribution in [1.82, 2.24) is 0 Å². The van der Waals surface area contributed by atoms with Gasteiger partial charge in [0.25, 0.3) is 0 Å². The number of aliphatic hydroxyl groups excluding tert-OH is 1. The van der Waals surface area contributed by atoms with Crippen molar-refractivity contribution in [2.24, 2.45) is 45.3 Å². The summed E-state index contributed by atoms with van der Waals surface area (Å²) in [6, 6.07) is 0. The number of aliphatic hydroxyl groups is 1. The third-order valence-electron chi connectivity index (χ3n) is 12.2. The van der Waals surface area contributed by atoms with E-state index in [0.717, 1.165) is 64.2 Å². The second kappa shape index (κ2) is 8.49. The SMILES string of the molecule is C=C(CC[C@H](C(=O)O)[C@H]1CC[C@@]2(C)C3=C(CC[C@]12C)[C@@]1(C)CC[C@H](O)C(C)(C)[C@H]1CC3)C(C)C. The molecule has 0 radical (unpaired) electrons. The predicted octanol–water partition coefficient (Wildman–Crippen LogP) is 7.79. The second-order valence-corrected chi connectivity index (χ2v) is 14.0. The maximum absolute atomic E-state index is 12.5. The van der Waals surface area contributed by atoms with Crippen molar-refractivity contribution in [2.75, 3.05) is 0 Å². The Balaban J connectivity index is 1.67. The Morgan fingerprint density at radius 1 is 1.00 bits per heavy atom. The van der Waals surface area contributed by atoms with E-state index in [1.54, 1.807) is 11.1 Å². The van der Waals surface area contributed by atoms with Crippen LogP contribution in [0.1, 0.15) is 113 Å². The summed E-state index contributed by atoms with van der Waals surface area (Å²) < 4.78 is 0. The van der Waals surface area contributed by atoms with E-state index < -0.39 is 5.97 Å². The second-order valence-electron chi connectivity index (χ2n) is 14.0. The fourth-order valence-corrected chi connectivity index (χ4v) is 9.49. The zero-order valence-electron chi connectivity index (χ0n) is 23.0. The Hall–Kier alpha value is -1.09. The normalized spacial score (nSPS) is 42.1. The molecule has 0 amide bonds. The fraction of sp³-hybridized carbons (Fsp3) is 0.839. The Morgan fingerprint density at radius 3 is 2.29 bits per heavy atom. The molecule has 3 nitrogen and oxygen atoms in total. The molecule has 7 atom stereocenters. The molecule has 2 saturated carbocycles. The van der Waals surface area contributed by atoms with Crippen LogP contribution >= 0.6 is 0 Å². The van der Waals surface area contributed by atoms with E-state index in [9.17, 15) is 15.0 Å². The van der Waals surface area contributed by atoms with Gasteiger partial charge in [0.15, 0.2) is 0 Å². The van der Waals surface area contributed by atoms with Gasteiger partial charge < -0.3 is 10.2 Å². The van der Waals surface area contributed by atoms with Gasteiger partial charge in [-0.05, 0) is 104 Å². The Bertz CT molecular complexity index is 881. The van der Waals surface area contributed by atoms with Crippen LogP contribution in [0, 0.1) is 45.3 Å². The zero-order valence-corrected chi connectivity index (χ0v) is 23.0. The van der Waals surface area contributed by atoms with E-state index in [1.807, 2.05) is 0 Å². The van der Waals surface area contributed by atoms with Crippen molar-refractivity contribution >= 4 is 5.97 Å². The molecule has 0 heterocycles. The molecule has 0 aromatic heterocycles. The summed E-state index contributed by atoms with van der Waals surface area (Å²) >= 11 is 0. The van der Waals surface area contributed by atoms with Crippen LogP contribution in [0.5, 0.6) is 0 Å². The van der Waals surface area contributed by atoms with Crippen LogP contribution in [0.2, 0.25) is 0 Å². The van der Waals surface area contributed by atoms with E-state index >= 15 is 0 Å². The first-order valence-corrected chi connectivity index (χ1v) is 14.0. The maximum atomic E-state index is 12.5. The van der Waals surface area contributed by atoms with Gasteiger partial charge in [-0.25, -0.2) is 0 Å². The third kappa shape index (κ3) is 3.58. The summed E-state index contributed by atoms with van der Waals surface area (Å²) in [7, 11) is 0. The van der Waals surface area contributed by atoms with E-state index in [2.05, 4.69) is 55.0 Å². The molecule has 0 saturated heterocycles. The fourth-order valence-electron chi connectivity index (χ4n) is 9.49. The highest BCUT2D eigenvalue weighted by molar-refractivity contribution is 5.70. The largest absolute Gasteiger partial charge is 0.481 e. The van der Waals surface area contributed by atoms with Crippen LogP contribution in [0.3, 0.4) is 0 Å². The van der Waals surface area contributed by atoms with Crippen LogP contribution in [-0.2, 0) is 4.79 Å². The molecule has 2 fully saturated rings. The number of allylic oxidation sites excluding steroid dienone is 3. The number of fused-ring (bicyclic) bond motifs is 4. The predicted molar refractivity (Wildman–Crippen MR) is 139 cm³/mol. The number of hydrogen-bond donors (Lipinski definition) is 2. The number of carboxylic acids is 1. The van der Waals surface area contributed by atoms with Gasteiger partial charge >= 0.3 is 5.97 Å². The molecule has 4 aliphatic carbocycles. The maximum Gasteiger partial charge on any atom is 0.306 e. The molecule has 3 heteroatoms. The van der Waals surface area contributed by atoms with Crippen molar-refractivity contribution in [2.45, 2.75) is 119 Å². The van der Waals surface area contributed by atoms with Crippen molar-refractivity contribution in [3.05, 3.63) is 23.3 Å². The van der Waals surface area contributed by atoms with Gasteiger partial charge in [0.2, 0.25) is 0 Å². The average Bonchev–Trinajstić information content (AvgIpc) is 3.02. The van der Waals surface area contributed by atoms with Gasteiger partial charge in [0.05, 0.1) is 12.0 Å². The van der Waals surface area contributed by atoms with Crippen LogP contribution in [0.15, 0.2) is 23.3 Å². The van der Waals surface area contributed by atoms with Crippen LogP contribution in [0.4, 0.5) is 0 Å². The van der Waals surface area contributed by atoms with Crippen LogP contribution in [-0.4, -0.2) is 22.3 Å². The van der Waals surface area contributed by atoms with E-state index in [0.29, 0.717) is 11.8 Å². The molecule has 0 spiro atoms. The van der Waals surface area contributed by atoms with Gasteiger partial charge in [0.1, 0.15) is 0 Å². The zero-order chi connectivity index (χ0) is 25.3.